The van der Waals surface area contributed by atoms with Crippen LogP contribution in [0, 0.1) is 0 Å². The first-order valence-electron chi connectivity index (χ1n) is 6.28. The Balaban J connectivity index is 2.11. The summed E-state index contributed by atoms with van der Waals surface area (Å²) in [5, 5.41) is 0. The van der Waals surface area contributed by atoms with Gasteiger partial charge in [0.05, 0.1) is 11.4 Å². The Bertz CT molecular complexity index is 760. The topological polar surface area (TPSA) is 45.8 Å². The van der Waals surface area contributed by atoms with E-state index in [9.17, 15) is 4.79 Å². The molecular formula is C16H10N2OS. The quantitative estimate of drug-likeness (QED) is 0.535. The lowest BCUT2D eigenvalue weighted by Crippen LogP contribution is -1.84. The first-order chi connectivity index (χ1) is 9.86. The third kappa shape index (κ3) is 1.62. The number of fused-ring (bicyclic) bond motifs is 5. The van der Waals surface area contributed by atoms with Crippen molar-refractivity contribution in [2.75, 3.05) is 0 Å². The summed E-state index contributed by atoms with van der Waals surface area (Å²) in [4.78, 5) is 20.9. The molecule has 4 heteroatoms. The minimum Gasteiger partial charge on any atom is -0.335 e. The normalized spacial score (nSPS) is 12.0. The molecule has 3 aromatic rings. The van der Waals surface area contributed by atoms with Crippen molar-refractivity contribution in [2.45, 2.75) is 9.79 Å². The number of hydrogen-bond acceptors (Lipinski definition) is 3. The van der Waals surface area contributed by atoms with Gasteiger partial charge in [0.1, 0.15) is 0 Å². The van der Waals surface area contributed by atoms with Crippen LogP contribution in [0.5, 0.6) is 0 Å². The zero-order valence-electron chi connectivity index (χ0n) is 10.5. The van der Waals surface area contributed by atoms with Crippen LogP contribution in [0.2, 0.25) is 0 Å². The average Bonchev–Trinajstić information content (AvgIpc) is 2.87. The van der Waals surface area contributed by atoms with Gasteiger partial charge in [-0.05, 0) is 12.1 Å². The van der Waals surface area contributed by atoms with E-state index >= 15 is 0 Å². The first-order valence-corrected chi connectivity index (χ1v) is 7.10. The van der Waals surface area contributed by atoms with Crippen molar-refractivity contribution >= 4 is 18.0 Å². The molecule has 0 aliphatic carbocycles. The lowest BCUT2D eigenvalue weighted by molar-refractivity contribution is 0.111. The predicted molar refractivity (Wildman–Crippen MR) is 79.0 cm³/mol. The van der Waals surface area contributed by atoms with Crippen molar-refractivity contribution in [1.29, 1.82) is 0 Å². The van der Waals surface area contributed by atoms with Crippen molar-refractivity contribution in [2.24, 2.45) is 0 Å². The van der Waals surface area contributed by atoms with E-state index in [0.717, 1.165) is 33.7 Å². The lowest BCUT2D eigenvalue weighted by atomic mass is 10.1. The molecule has 4 rings (SSSR count). The largest absolute Gasteiger partial charge is 0.335 e. The predicted octanol–water partition coefficient (Wildman–Crippen LogP) is 4.02. The molecule has 0 saturated heterocycles. The second kappa shape index (κ2) is 4.35. The number of benzene rings is 2. The highest BCUT2D eigenvalue weighted by molar-refractivity contribution is 7.99. The number of carbonyl (C=O) groups is 1. The Hall–Kier alpha value is -2.33. The molecule has 0 spiro atoms. The van der Waals surface area contributed by atoms with Crippen LogP contribution in [-0.4, -0.2) is 16.3 Å². The summed E-state index contributed by atoms with van der Waals surface area (Å²) in [6.07, 6.45) is 0.757. The van der Waals surface area contributed by atoms with Crippen molar-refractivity contribution in [3.8, 4) is 22.5 Å². The summed E-state index contributed by atoms with van der Waals surface area (Å²) in [6, 6.07) is 16.3. The van der Waals surface area contributed by atoms with E-state index in [2.05, 4.69) is 28.2 Å². The van der Waals surface area contributed by atoms with Crippen LogP contribution < -0.4 is 0 Å². The second-order valence-corrected chi connectivity index (χ2v) is 5.64. The van der Waals surface area contributed by atoms with E-state index in [1.54, 1.807) is 11.8 Å². The number of nitrogens with zero attached hydrogens (tertiary/aromatic N) is 1. The van der Waals surface area contributed by atoms with E-state index in [4.69, 9.17) is 0 Å². The fourth-order valence-electron chi connectivity index (χ4n) is 2.47. The van der Waals surface area contributed by atoms with Crippen LogP contribution in [0.3, 0.4) is 0 Å². The standard InChI is InChI=1S/C16H10N2OS/c19-9-14-17-15-10-5-1-3-7-12(10)20-13-8-4-2-6-11(13)16(15)18-14/h1-9H,(H,17,18). The Morgan fingerprint density at radius 2 is 1.60 bits per heavy atom. The molecule has 20 heavy (non-hydrogen) atoms. The van der Waals surface area contributed by atoms with Gasteiger partial charge in [0, 0.05) is 20.9 Å². The van der Waals surface area contributed by atoms with Crippen LogP contribution >= 0.6 is 11.8 Å². The number of aromatic nitrogens is 2. The fraction of sp³-hybridized carbons (Fsp3) is 0. The maximum Gasteiger partial charge on any atom is 0.185 e. The molecule has 0 fully saturated rings. The van der Waals surface area contributed by atoms with E-state index in [-0.39, 0.29) is 0 Å². The molecule has 1 aliphatic rings. The van der Waals surface area contributed by atoms with Gasteiger partial charge in [0.15, 0.2) is 12.1 Å². The molecule has 0 amide bonds. The molecule has 1 aliphatic heterocycles. The number of hydrogen-bond donors (Lipinski definition) is 1. The number of carbonyl (C=O) groups excluding carboxylic acids is 1. The lowest BCUT2D eigenvalue weighted by Gasteiger charge is -2.04. The molecule has 0 saturated carbocycles. The van der Waals surface area contributed by atoms with Gasteiger partial charge in [-0.1, -0.05) is 48.2 Å². The average molecular weight is 278 g/mol. The molecule has 0 bridgehead atoms. The number of aromatic amines is 1. The van der Waals surface area contributed by atoms with E-state index < -0.39 is 0 Å². The van der Waals surface area contributed by atoms with Crippen LogP contribution in [0.25, 0.3) is 22.5 Å². The third-order valence-electron chi connectivity index (χ3n) is 3.35. The van der Waals surface area contributed by atoms with E-state index in [0.29, 0.717) is 5.82 Å². The minimum absolute atomic E-state index is 0.367. The molecule has 0 radical (unpaired) electrons. The maximum absolute atomic E-state index is 11.0. The highest BCUT2D eigenvalue weighted by atomic mass is 32.2. The highest BCUT2D eigenvalue weighted by Crippen LogP contribution is 2.46. The third-order valence-corrected chi connectivity index (χ3v) is 4.50. The van der Waals surface area contributed by atoms with Gasteiger partial charge < -0.3 is 4.98 Å². The molecule has 96 valence electrons. The fourth-order valence-corrected chi connectivity index (χ4v) is 3.55. The minimum atomic E-state index is 0.367. The summed E-state index contributed by atoms with van der Waals surface area (Å²) in [7, 11) is 0. The van der Waals surface area contributed by atoms with Gasteiger partial charge in [0.2, 0.25) is 0 Å². The van der Waals surface area contributed by atoms with Gasteiger partial charge in [-0.15, -0.1) is 0 Å². The molecule has 2 aromatic carbocycles. The summed E-state index contributed by atoms with van der Waals surface area (Å²) >= 11 is 1.73. The SMILES string of the molecule is O=Cc1nc2c([nH]1)-c1ccccc1Sc1ccccc1-2. The van der Waals surface area contributed by atoms with Gasteiger partial charge in [-0.2, -0.15) is 0 Å². The van der Waals surface area contributed by atoms with E-state index in [1.807, 2.05) is 30.3 Å². The van der Waals surface area contributed by atoms with Crippen LogP contribution in [0.4, 0.5) is 0 Å². The number of nitrogens with one attached hydrogen (secondary N) is 1. The first kappa shape index (κ1) is 11.5. The number of rotatable bonds is 1. The molecular weight excluding hydrogens is 268 g/mol. The van der Waals surface area contributed by atoms with Crippen LogP contribution in [0.1, 0.15) is 10.6 Å². The van der Waals surface area contributed by atoms with Crippen LogP contribution in [0.15, 0.2) is 58.3 Å². The molecule has 2 heterocycles. The van der Waals surface area contributed by atoms with Gasteiger partial charge in [-0.25, -0.2) is 4.98 Å². The van der Waals surface area contributed by atoms with Crippen molar-refractivity contribution < 1.29 is 4.79 Å². The number of aldehydes is 1. The Kier molecular flexibility index (Phi) is 2.50. The summed E-state index contributed by atoms with van der Waals surface area (Å²) in [5.41, 5.74) is 3.91. The zero-order chi connectivity index (χ0) is 13.5. The van der Waals surface area contributed by atoms with Crippen molar-refractivity contribution in [3.63, 3.8) is 0 Å². The molecule has 1 N–H and O–H groups in total. The van der Waals surface area contributed by atoms with Crippen LogP contribution in [-0.2, 0) is 0 Å². The number of H-pyrrole nitrogens is 1. The van der Waals surface area contributed by atoms with Gasteiger partial charge >= 0.3 is 0 Å². The Morgan fingerprint density at radius 3 is 2.35 bits per heavy atom. The highest BCUT2D eigenvalue weighted by Gasteiger charge is 2.22. The summed E-state index contributed by atoms with van der Waals surface area (Å²) in [5.74, 6) is 0.367. The summed E-state index contributed by atoms with van der Waals surface area (Å²) < 4.78 is 0. The zero-order valence-corrected chi connectivity index (χ0v) is 11.3. The monoisotopic (exact) mass is 278 g/mol. The Morgan fingerprint density at radius 1 is 0.950 bits per heavy atom. The van der Waals surface area contributed by atoms with Crippen molar-refractivity contribution in [1.82, 2.24) is 9.97 Å². The molecule has 1 aromatic heterocycles. The second-order valence-electron chi connectivity index (χ2n) is 4.56. The smallest absolute Gasteiger partial charge is 0.185 e. The van der Waals surface area contributed by atoms with Crippen molar-refractivity contribution in [3.05, 3.63) is 54.4 Å². The molecule has 0 atom stereocenters. The van der Waals surface area contributed by atoms with Gasteiger partial charge in [0.25, 0.3) is 0 Å². The van der Waals surface area contributed by atoms with Gasteiger partial charge in [-0.3, -0.25) is 4.79 Å². The molecule has 0 unspecified atom stereocenters. The maximum atomic E-state index is 11.0. The molecule has 3 nitrogen and oxygen atoms in total. The van der Waals surface area contributed by atoms with E-state index in [1.165, 1.54) is 4.90 Å². The Labute approximate surface area is 120 Å². The summed E-state index contributed by atoms with van der Waals surface area (Å²) in [6.45, 7) is 0. The number of imidazole rings is 1.